The van der Waals surface area contributed by atoms with Crippen LogP contribution in [0.2, 0.25) is 25.8 Å². The zero-order chi connectivity index (χ0) is 81.7. The third-order valence-corrected chi connectivity index (χ3v) is 20.5. The molecule has 0 radical (unpaired) electrons. The molecule has 4 aliphatic heterocycles. The highest BCUT2D eigenvalue weighted by molar-refractivity contribution is 7.90. The minimum Gasteiger partial charge on any atom is -0.444 e. The Morgan fingerprint density at radius 3 is 1.15 bits per heavy atom. The third-order valence-electron chi connectivity index (χ3n) is 16.1. The lowest BCUT2D eigenvalue weighted by atomic mass is 10.1. The minimum atomic E-state index is -4.03. The molecule has 10 aromatic rings. The summed E-state index contributed by atoms with van der Waals surface area (Å²) in [5.41, 5.74) is 6.81. The van der Waals surface area contributed by atoms with Crippen molar-refractivity contribution < 1.29 is 63.0 Å². The highest BCUT2D eigenvalue weighted by Crippen LogP contribution is 2.36. The molecule has 41 heteroatoms. The van der Waals surface area contributed by atoms with Crippen molar-refractivity contribution in [2.45, 2.75) is 127 Å². The Labute approximate surface area is 666 Å². The fourth-order valence-corrected chi connectivity index (χ4v) is 13.9. The summed E-state index contributed by atoms with van der Waals surface area (Å²) in [6, 6.07) is 16.0. The number of aromatic nitrogens is 12. The Balaban J connectivity index is 0.000000162. The van der Waals surface area contributed by atoms with Crippen LogP contribution in [0.25, 0.3) is 44.8 Å². The molecule has 4 aliphatic rings. The van der Waals surface area contributed by atoms with E-state index in [2.05, 4.69) is 71.1 Å². The summed E-state index contributed by atoms with van der Waals surface area (Å²) in [7, 11) is -7.98. The molecule has 0 aliphatic carbocycles. The average molecular weight is 1690 g/mol. The number of anilines is 3. The molecule has 0 unspecified atom stereocenters. The molecule has 112 heavy (non-hydrogen) atoms. The molecule has 8 aromatic heterocycles. The number of nitrogens with one attached hydrogen (secondary N) is 4. The van der Waals surface area contributed by atoms with Gasteiger partial charge in [0.25, 0.3) is 20.0 Å². The number of carbonyl (C=O) groups is 3. The van der Waals surface area contributed by atoms with Gasteiger partial charge in [-0.3, -0.25) is 0 Å². The van der Waals surface area contributed by atoms with Crippen LogP contribution in [0.5, 0.6) is 0 Å². The van der Waals surface area contributed by atoms with E-state index in [1.54, 1.807) is 82.8 Å². The molecule has 2 aromatic carbocycles. The van der Waals surface area contributed by atoms with E-state index in [1.807, 2.05) is 34.6 Å². The zero-order valence-electron chi connectivity index (χ0n) is 61.9. The van der Waals surface area contributed by atoms with E-state index in [4.69, 9.17) is 77.9 Å². The maximum Gasteiger partial charge on any atom is 0.410 e. The van der Waals surface area contributed by atoms with E-state index >= 15 is 0 Å². The number of pyridine rings is 2. The van der Waals surface area contributed by atoms with Crippen LogP contribution in [0.15, 0.2) is 120 Å². The van der Waals surface area contributed by atoms with Crippen LogP contribution in [0.3, 0.4) is 0 Å². The van der Waals surface area contributed by atoms with Gasteiger partial charge in [-0.2, -0.15) is 4.98 Å². The first-order valence-corrected chi connectivity index (χ1v) is 39.0. The molecule has 14 rings (SSSR count). The molecule has 0 bridgehead atoms. The lowest BCUT2D eigenvalue weighted by Gasteiger charge is -2.40. The SMILES string of the molecule is CC(C)(C)OC(=O)N1CC(N)C1.CC(C)(C)OC(=O)N1CC(Nc2nc(Cl)ncc2F)C1.Cc1ccc(S(=O)(=O)n2cc(-c3ncc(F)c(NC4CN(C(=O)OC(C)(C)C)C4)n3)c3cc(Cl)cnc32)cc1.Cc1ccc(S(=O)(=O)n2cc(-c3ncc(F)c(NC4CNC4)n3)c3cc(Cl)cnc32)cc1.Fc1cnc(Cl)nc1Cl. The fourth-order valence-electron chi connectivity index (χ4n) is 10.5. The van der Waals surface area contributed by atoms with Crippen LogP contribution in [0.1, 0.15) is 73.4 Å². The first-order valence-electron chi connectivity index (χ1n) is 34.2. The molecule has 0 saturated carbocycles. The van der Waals surface area contributed by atoms with Gasteiger partial charge in [-0.25, -0.2) is 102 Å². The third kappa shape index (κ3) is 21.8. The van der Waals surface area contributed by atoms with Crippen molar-refractivity contribution in [1.82, 2.24) is 77.8 Å². The van der Waals surface area contributed by atoms with E-state index in [9.17, 15) is 48.8 Å². The summed E-state index contributed by atoms with van der Waals surface area (Å²) in [4.78, 5) is 79.3. The lowest BCUT2D eigenvalue weighted by Crippen LogP contribution is -2.58. The Morgan fingerprint density at radius 2 is 0.812 bits per heavy atom. The number of hydrogen-bond acceptors (Lipinski definition) is 25. The number of nitrogens with zero attached hydrogens (tertiary/aromatic N) is 15. The quantitative estimate of drug-likeness (QED) is 0.0328. The topological polar surface area (TPSA) is 370 Å². The molecule has 596 valence electrons. The zero-order valence-corrected chi connectivity index (χ0v) is 67.4. The van der Waals surface area contributed by atoms with Gasteiger partial charge in [-0.1, -0.05) is 70.2 Å². The van der Waals surface area contributed by atoms with Crippen molar-refractivity contribution >= 4 is 136 Å². The van der Waals surface area contributed by atoms with Crippen LogP contribution >= 0.6 is 58.0 Å². The van der Waals surface area contributed by atoms with E-state index < -0.39 is 66.2 Å². The Morgan fingerprint density at radius 1 is 0.473 bits per heavy atom. The van der Waals surface area contributed by atoms with E-state index in [0.717, 1.165) is 43.9 Å². The number of nitrogens with two attached hydrogens (primary N) is 1. The highest BCUT2D eigenvalue weighted by Gasteiger charge is 2.37. The lowest BCUT2D eigenvalue weighted by molar-refractivity contribution is 0.00832. The molecular formula is C71H77Cl5F4N20O10S2. The van der Waals surface area contributed by atoms with E-state index in [1.165, 1.54) is 58.9 Å². The number of aryl methyl sites for hydroxylation is 2. The number of hydrogen-bond donors (Lipinski definition) is 5. The van der Waals surface area contributed by atoms with Crippen LogP contribution < -0.4 is 27.0 Å². The standard InChI is InChI=1S/C26H26ClFN6O4S.C21H18ClFN6O2S.C12H16ClFN4O2.C8H16N2O2.C4HCl2FN2/c1-15-5-7-18(8-6-15)39(36,37)34-14-20(19-9-16(27)10-30-24(19)34)22-29-11-21(28)23(32-22)31-17-12-33(13-17)25(35)38-26(2,3)4;1-12-2-4-15(5-3-12)32(30,31)29-11-17(16-6-13(22)7-26-21(16)29)19-25-10-18(23)20(28-19)27-14-8-24-9-14;1-12(2,3)20-11(19)18-5-7(6-18)16-9-8(14)4-15-10(13)17-9;1-8(2,3)12-7(11)10-4-6(9)5-10;5-3-2(7)1-8-4(6)9-3/h5-11,14,17H,12-13H2,1-4H3,(H,29,31,32);2-7,10-11,14,24H,8-9H2,1H3,(H,25,27,28);4,7H,5-6H2,1-3H3,(H,15,16,17);6H,4-5,9H2,1-3H3;1H. The van der Waals surface area contributed by atoms with Gasteiger partial charge in [0.1, 0.15) is 16.8 Å². The highest BCUT2D eigenvalue weighted by atomic mass is 35.5. The largest absolute Gasteiger partial charge is 0.444 e. The van der Waals surface area contributed by atoms with Crippen LogP contribution in [0, 0.1) is 37.1 Å². The van der Waals surface area contributed by atoms with Crippen LogP contribution in [-0.2, 0) is 34.3 Å². The number of amides is 3. The first-order chi connectivity index (χ1) is 52.5. The summed E-state index contributed by atoms with van der Waals surface area (Å²) in [5.74, 6) is -2.27. The molecule has 12 heterocycles. The Hall–Kier alpha value is -9.66. The van der Waals surface area contributed by atoms with Gasteiger partial charge in [0.05, 0.1) is 62.7 Å². The summed E-state index contributed by atoms with van der Waals surface area (Å²) < 4.78 is 126. The first kappa shape index (κ1) is 84.8. The molecule has 4 fully saturated rings. The van der Waals surface area contributed by atoms with Crippen molar-refractivity contribution in [2.75, 3.05) is 68.3 Å². The fraction of sp³-hybridized carbons (Fsp3) is 0.366. The van der Waals surface area contributed by atoms with Gasteiger partial charge >= 0.3 is 18.3 Å². The summed E-state index contributed by atoms with van der Waals surface area (Å²) >= 11 is 28.4. The molecule has 3 amide bonds. The monoisotopic (exact) mass is 1680 g/mol. The van der Waals surface area contributed by atoms with Gasteiger partial charge in [-0.15, -0.1) is 0 Å². The van der Waals surface area contributed by atoms with Crippen molar-refractivity contribution in [1.29, 1.82) is 0 Å². The van der Waals surface area contributed by atoms with Crippen LogP contribution in [0.4, 0.5) is 49.4 Å². The predicted molar refractivity (Wildman–Crippen MR) is 414 cm³/mol. The van der Waals surface area contributed by atoms with E-state index in [0.29, 0.717) is 79.3 Å². The Kier molecular flexibility index (Phi) is 26.3. The molecule has 0 spiro atoms. The molecular weight excluding hydrogens is 1610 g/mol. The van der Waals surface area contributed by atoms with Gasteiger partial charge in [0.2, 0.25) is 10.6 Å². The number of halogens is 9. The second-order valence-corrected chi connectivity index (χ2v) is 34.4. The summed E-state index contributed by atoms with van der Waals surface area (Å²) in [6.07, 6.45) is 8.37. The second kappa shape index (κ2) is 34.8. The number of benzene rings is 2. The minimum absolute atomic E-state index is 0.0304. The van der Waals surface area contributed by atoms with Crippen LogP contribution in [-0.4, -0.2) is 201 Å². The number of rotatable bonds is 12. The number of fused-ring (bicyclic) bond motifs is 2. The van der Waals surface area contributed by atoms with Gasteiger partial charge in [0.15, 0.2) is 68.8 Å². The van der Waals surface area contributed by atoms with Crippen molar-refractivity contribution in [3.8, 4) is 22.8 Å². The molecule has 6 N–H and O–H groups in total. The number of carbonyl (C=O) groups excluding carboxylic acids is 3. The summed E-state index contributed by atoms with van der Waals surface area (Å²) in [6.45, 7) is 24.2. The molecule has 30 nitrogen and oxygen atoms in total. The Bertz CT molecular complexity index is 5360. The van der Waals surface area contributed by atoms with Gasteiger partial charge in [-0.05, 0) is 136 Å². The number of likely N-dealkylation sites (tertiary alicyclic amines) is 3. The molecule has 0 atom stereocenters. The maximum absolute atomic E-state index is 14.7. The number of ether oxygens (including phenoxy) is 3. The molecule has 4 saturated heterocycles. The normalized spacial score (nSPS) is 14.7. The smallest absolute Gasteiger partial charge is 0.410 e. The predicted octanol–water partition coefficient (Wildman–Crippen LogP) is 12.9. The van der Waals surface area contributed by atoms with Crippen molar-refractivity contribution in [3.63, 3.8) is 0 Å². The average Bonchev–Trinajstić information content (AvgIpc) is 1.54. The van der Waals surface area contributed by atoms with Crippen molar-refractivity contribution in [2.24, 2.45) is 5.73 Å². The van der Waals surface area contributed by atoms with Crippen molar-refractivity contribution in [3.05, 3.63) is 170 Å². The summed E-state index contributed by atoms with van der Waals surface area (Å²) in [5, 5.41) is 13.1. The maximum atomic E-state index is 14.7. The van der Waals surface area contributed by atoms with Gasteiger partial charge < -0.3 is 55.9 Å². The van der Waals surface area contributed by atoms with E-state index in [-0.39, 0.29) is 107 Å². The van der Waals surface area contributed by atoms with Gasteiger partial charge in [0, 0.05) is 105 Å². The second-order valence-electron chi connectivity index (χ2n) is 28.9.